The van der Waals surface area contributed by atoms with Crippen molar-refractivity contribution >= 4 is 11.0 Å². The van der Waals surface area contributed by atoms with E-state index in [2.05, 4.69) is 0 Å². The van der Waals surface area contributed by atoms with Gasteiger partial charge in [-0.25, -0.2) is 0 Å². The van der Waals surface area contributed by atoms with Gasteiger partial charge in [0.1, 0.15) is 84.0 Å². The van der Waals surface area contributed by atoms with Gasteiger partial charge in [-0.2, -0.15) is 0 Å². The average molecular weight is 787 g/mol. The molecule has 15 unspecified atom stereocenters. The summed E-state index contributed by atoms with van der Waals surface area (Å²) in [5.74, 6) is -2.90. The highest BCUT2D eigenvalue weighted by Gasteiger charge is 2.48. The van der Waals surface area contributed by atoms with Gasteiger partial charge in [0.05, 0.1) is 26.4 Å². The molecule has 0 spiro atoms. The highest BCUT2D eigenvalue weighted by atomic mass is 16.7. The minimum absolute atomic E-state index is 0.0673. The van der Waals surface area contributed by atoms with Crippen molar-refractivity contribution in [3.05, 3.63) is 40.6 Å². The number of fused-ring (bicyclic) bond motifs is 1. The van der Waals surface area contributed by atoms with Gasteiger partial charge in [0.2, 0.25) is 29.5 Å². The van der Waals surface area contributed by atoms with Gasteiger partial charge in [-0.3, -0.25) is 4.79 Å². The average Bonchev–Trinajstić information content (AvgIpc) is 3.16. The quantitative estimate of drug-likeness (QED) is 0.0934. The van der Waals surface area contributed by atoms with Crippen molar-refractivity contribution in [2.45, 2.75) is 99.0 Å². The third-order valence-corrected chi connectivity index (χ3v) is 9.59. The first-order valence-corrected chi connectivity index (χ1v) is 16.9. The number of hydrogen-bond acceptors (Lipinski definition) is 21. The van der Waals surface area contributed by atoms with E-state index in [4.69, 9.17) is 37.6 Å². The molecule has 0 aliphatic carbocycles. The van der Waals surface area contributed by atoms with Crippen LogP contribution in [0.25, 0.3) is 22.3 Å². The number of hydrogen-bond donors (Lipinski definition) is 12. The first kappa shape index (κ1) is 40.7. The van der Waals surface area contributed by atoms with Crippen LogP contribution in [-0.4, -0.2) is 174 Å². The van der Waals surface area contributed by atoms with Gasteiger partial charge in [-0.05, 0) is 31.2 Å². The lowest BCUT2D eigenvalue weighted by atomic mass is 9.98. The van der Waals surface area contributed by atoms with Gasteiger partial charge in [-0.15, -0.1) is 0 Å². The van der Waals surface area contributed by atoms with E-state index in [0.29, 0.717) is 0 Å². The van der Waals surface area contributed by atoms with Crippen molar-refractivity contribution in [1.29, 1.82) is 0 Å². The number of aliphatic hydroxyl groups excluding tert-OH is 10. The van der Waals surface area contributed by atoms with Crippen molar-refractivity contribution in [2.24, 2.45) is 0 Å². The fourth-order valence-electron chi connectivity index (χ4n) is 6.37. The fraction of sp³-hybridized carbons (Fsp3) is 0.559. The molecule has 304 valence electrons. The molecule has 1 aromatic heterocycles. The van der Waals surface area contributed by atoms with E-state index in [0.717, 1.165) is 13.2 Å². The monoisotopic (exact) mass is 786 g/mol. The molecule has 2 aromatic carbocycles. The van der Waals surface area contributed by atoms with E-state index < -0.39 is 145 Å². The second kappa shape index (κ2) is 16.3. The number of ether oxygens (including phenoxy) is 7. The van der Waals surface area contributed by atoms with Crippen molar-refractivity contribution in [2.75, 3.05) is 20.3 Å². The largest absolute Gasteiger partial charge is 0.508 e. The molecule has 0 bridgehead atoms. The van der Waals surface area contributed by atoms with Crippen LogP contribution in [0.15, 0.2) is 39.5 Å². The summed E-state index contributed by atoms with van der Waals surface area (Å²) >= 11 is 0. The SMILES string of the molecule is COc1c(OC2OC(CO)C(O)C(O)C2O)cc(O)c2c(=O)c(OC3OC(COC4OC(C)C(O)C(O)C4O)C(O)C(O)C3O)c(-c3ccc(O)cc3)oc12. The topological polar surface area (TPSA) is 338 Å². The van der Waals surface area contributed by atoms with E-state index in [-0.39, 0.29) is 17.1 Å². The lowest BCUT2D eigenvalue weighted by Crippen LogP contribution is -2.61. The Balaban J connectivity index is 1.37. The molecule has 15 atom stereocenters. The maximum Gasteiger partial charge on any atom is 0.239 e. The maximum atomic E-state index is 14.3. The minimum atomic E-state index is -2.03. The summed E-state index contributed by atoms with van der Waals surface area (Å²) in [7, 11) is 1.14. The zero-order valence-corrected chi connectivity index (χ0v) is 29.0. The van der Waals surface area contributed by atoms with E-state index in [1.54, 1.807) is 0 Å². The maximum absolute atomic E-state index is 14.3. The molecule has 3 aromatic rings. The molecule has 21 heteroatoms. The Hall–Kier alpha value is -3.91. The zero-order chi connectivity index (χ0) is 40.0. The summed E-state index contributed by atoms with van der Waals surface area (Å²) in [6.45, 7) is -0.00313. The lowest BCUT2D eigenvalue weighted by Gasteiger charge is -2.42. The second-order valence-corrected chi connectivity index (χ2v) is 13.2. The molecule has 0 amide bonds. The third-order valence-electron chi connectivity index (χ3n) is 9.59. The number of methoxy groups -OCH3 is 1. The van der Waals surface area contributed by atoms with Crippen LogP contribution in [0.1, 0.15) is 6.92 Å². The molecule has 0 saturated carbocycles. The minimum Gasteiger partial charge on any atom is -0.508 e. The summed E-state index contributed by atoms with van der Waals surface area (Å²) in [4.78, 5) is 14.3. The number of rotatable bonds is 10. The Labute approximate surface area is 309 Å². The Bertz CT molecular complexity index is 1850. The predicted molar refractivity (Wildman–Crippen MR) is 178 cm³/mol. The van der Waals surface area contributed by atoms with Crippen LogP contribution in [0.3, 0.4) is 0 Å². The van der Waals surface area contributed by atoms with Crippen molar-refractivity contribution in [3.63, 3.8) is 0 Å². The molecular weight excluding hydrogens is 744 g/mol. The first-order valence-electron chi connectivity index (χ1n) is 16.9. The van der Waals surface area contributed by atoms with Crippen molar-refractivity contribution < 1.29 is 98.9 Å². The Kier molecular flexibility index (Phi) is 12.1. The van der Waals surface area contributed by atoms with Gasteiger partial charge >= 0.3 is 0 Å². The van der Waals surface area contributed by atoms with Crippen LogP contribution < -0.4 is 19.6 Å². The highest BCUT2D eigenvalue weighted by molar-refractivity contribution is 5.93. The summed E-state index contributed by atoms with van der Waals surface area (Å²) in [6.07, 6.45) is -25.1. The summed E-state index contributed by atoms with van der Waals surface area (Å²) in [6, 6.07) is 5.95. The van der Waals surface area contributed by atoms with Gasteiger partial charge in [0.15, 0.2) is 23.4 Å². The zero-order valence-electron chi connectivity index (χ0n) is 29.0. The Morgan fingerprint density at radius 1 is 0.673 bits per heavy atom. The van der Waals surface area contributed by atoms with E-state index in [1.165, 1.54) is 31.2 Å². The molecule has 3 aliphatic rings. The van der Waals surface area contributed by atoms with Crippen molar-refractivity contribution in [1.82, 2.24) is 0 Å². The molecule has 12 N–H and O–H groups in total. The molecule has 21 nitrogen and oxygen atoms in total. The molecule has 6 rings (SSSR count). The Morgan fingerprint density at radius 3 is 1.85 bits per heavy atom. The van der Waals surface area contributed by atoms with E-state index in [1.807, 2.05) is 0 Å². The number of aliphatic hydroxyl groups is 10. The summed E-state index contributed by atoms with van der Waals surface area (Å²) < 4.78 is 45.1. The van der Waals surface area contributed by atoms with Gasteiger partial charge in [0.25, 0.3) is 0 Å². The van der Waals surface area contributed by atoms with E-state index in [9.17, 15) is 66.1 Å². The number of aromatic hydroxyl groups is 2. The van der Waals surface area contributed by atoms with Crippen LogP contribution >= 0.6 is 0 Å². The normalized spacial score (nSPS) is 36.8. The molecule has 0 radical (unpaired) electrons. The molecule has 3 saturated heterocycles. The molecule has 55 heavy (non-hydrogen) atoms. The predicted octanol–water partition coefficient (Wildman–Crippen LogP) is -3.91. The summed E-state index contributed by atoms with van der Waals surface area (Å²) in [5, 5.41) is 124. The Morgan fingerprint density at radius 2 is 1.24 bits per heavy atom. The highest BCUT2D eigenvalue weighted by Crippen LogP contribution is 2.45. The summed E-state index contributed by atoms with van der Waals surface area (Å²) in [5.41, 5.74) is -1.51. The number of phenolic OH excluding ortho intramolecular Hbond substituents is 2. The third kappa shape index (κ3) is 7.65. The smallest absolute Gasteiger partial charge is 0.239 e. The fourth-order valence-corrected chi connectivity index (χ4v) is 6.37. The van der Waals surface area contributed by atoms with Crippen LogP contribution in [0, 0.1) is 0 Å². The molecular formula is C34H42O21. The number of phenols is 2. The van der Waals surface area contributed by atoms with Gasteiger partial charge in [0, 0.05) is 11.6 Å². The molecule has 3 aliphatic heterocycles. The molecule has 4 heterocycles. The number of benzene rings is 2. The van der Waals surface area contributed by atoms with Crippen LogP contribution in [0.4, 0.5) is 0 Å². The lowest BCUT2D eigenvalue weighted by molar-refractivity contribution is -0.318. The van der Waals surface area contributed by atoms with Gasteiger partial charge < -0.3 is 98.9 Å². The second-order valence-electron chi connectivity index (χ2n) is 13.2. The van der Waals surface area contributed by atoms with Gasteiger partial charge in [-0.1, -0.05) is 0 Å². The van der Waals surface area contributed by atoms with Crippen molar-refractivity contribution in [3.8, 4) is 40.1 Å². The van der Waals surface area contributed by atoms with Crippen LogP contribution in [0.2, 0.25) is 0 Å². The molecule has 3 fully saturated rings. The standard InChI is InChI=1S/C34H42O21/c1-10-18(38)22(42)25(45)32(50-10)49-9-16-20(40)24(44)27(47)34(53-16)55-31-21(41)17-13(37)7-14(51-33-26(46)23(43)19(39)15(8-35)52-33)29(48-2)30(17)54-28(31)11-3-5-12(36)6-4-11/h3-7,10,15-16,18-20,22-27,32-40,42-47H,8-9H2,1-2H3. The van der Waals surface area contributed by atoms with Crippen LogP contribution in [-0.2, 0) is 18.9 Å². The van der Waals surface area contributed by atoms with E-state index >= 15 is 0 Å². The van der Waals surface area contributed by atoms with Crippen LogP contribution in [0.5, 0.6) is 28.7 Å². The first-order chi connectivity index (χ1) is 26.1.